The number of aromatic nitrogens is 2. The van der Waals surface area contributed by atoms with Gasteiger partial charge in [-0.15, -0.1) is 17.9 Å². The van der Waals surface area contributed by atoms with Crippen molar-refractivity contribution in [3.8, 4) is 0 Å². The van der Waals surface area contributed by atoms with E-state index < -0.39 is 0 Å². The minimum absolute atomic E-state index is 0.0102. The molecule has 0 aliphatic carbocycles. The van der Waals surface area contributed by atoms with Crippen LogP contribution in [0.3, 0.4) is 0 Å². The second kappa shape index (κ2) is 8.50. The van der Waals surface area contributed by atoms with Gasteiger partial charge >= 0.3 is 0 Å². The summed E-state index contributed by atoms with van der Waals surface area (Å²) in [5.74, 6) is -0.218. The molecule has 0 unspecified atom stereocenters. The minimum atomic E-state index is -0.256. The summed E-state index contributed by atoms with van der Waals surface area (Å²) in [5.41, 5.74) is -0.136. The van der Waals surface area contributed by atoms with Crippen molar-refractivity contribution in [3.63, 3.8) is 0 Å². The van der Waals surface area contributed by atoms with E-state index in [1.165, 1.54) is 27.7 Å². The number of allylic oxidation sites excluding steroid dienone is 1. The fraction of sp³-hybridized carbons (Fsp3) is 0.412. The molecular weight excluding hydrogens is 372 g/mol. The van der Waals surface area contributed by atoms with E-state index in [1.807, 2.05) is 5.38 Å². The molecule has 0 saturated carbocycles. The van der Waals surface area contributed by atoms with Crippen LogP contribution in [0.15, 0.2) is 34.1 Å². The van der Waals surface area contributed by atoms with Crippen molar-refractivity contribution in [2.75, 3.05) is 25.4 Å². The van der Waals surface area contributed by atoms with Gasteiger partial charge in [0.1, 0.15) is 4.83 Å². The van der Waals surface area contributed by atoms with E-state index >= 15 is 0 Å². The van der Waals surface area contributed by atoms with Crippen molar-refractivity contribution in [3.05, 3.63) is 34.5 Å². The maximum absolute atomic E-state index is 12.5. The predicted octanol–water partition coefficient (Wildman–Crippen LogP) is 1.47. The molecule has 26 heavy (non-hydrogen) atoms. The third-order valence-electron chi connectivity index (χ3n) is 4.09. The van der Waals surface area contributed by atoms with Crippen molar-refractivity contribution in [1.29, 1.82) is 0 Å². The summed E-state index contributed by atoms with van der Waals surface area (Å²) in [6.07, 6.45) is 3.67. The Bertz CT molecular complexity index is 884. The second-order valence-electron chi connectivity index (χ2n) is 5.89. The van der Waals surface area contributed by atoms with Gasteiger partial charge in [0.05, 0.1) is 17.7 Å². The fourth-order valence-electron chi connectivity index (χ4n) is 2.76. The SMILES string of the molecule is C=CCn1c(SCC(=O)NCC(=O)N2CCCC2)nc2sccc2c1=O. The number of nitrogens with zero attached hydrogens (tertiary/aromatic N) is 3. The summed E-state index contributed by atoms with van der Waals surface area (Å²) in [6.45, 7) is 5.54. The van der Waals surface area contributed by atoms with E-state index in [-0.39, 0.29) is 29.7 Å². The lowest BCUT2D eigenvalue weighted by molar-refractivity contribution is -0.131. The van der Waals surface area contributed by atoms with Gasteiger partial charge in [0, 0.05) is 19.6 Å². The van der Waals surface area contributed by atoms with Gasteiger partial charge in [-0.3, -0.25) is 19.0 Å². The smallest absolute Gasteiger partial charge is 0.263 e. The summed E-state index contributed by atoms with van der Waals surface area (Å²) < 4.78 is 1.51. The van der Waals surface area contributed by atoms with Crippen LogP contribution in [0, 0.1) is 0 Å². The summed E-state index contributed by atoms with van der Waals surface area (Å²) in [7, 11) is 0. The number of carbonyl (C=O) groups is 2. The number of hydrogen-bond donors (Lipinski definition) is 1. The molecule has 0 radical (unpaired) electrons. The summed E-state index contributed by atoms with van der Waals surface area (Å²) in [5, 5.41) is 5.51. The molecule has 2 aromatic rings. The van der Waals surface area contributed by atoms with Gasteiger partial charge in [-0.25, -0.2) is 4.98 Å². The quantitative estimate of drug-likeness (QED) is 0.438. The molecule has 7 nitrogen and oxygen atoms in total. The first-order valence-electron chi connectivity index (χ1n) is 8.36. The van der Waals surface area contributed by atoms with Crippen LogP contribution < -0.4 is 10.9 Å². The van der Waals surface area contributed by atoms with E-state index in [2.05, 4.69) is 16.9 Å². The molecule has 0 atom stereocenters. The lowest BCUT2D eigenvalue weighted by atomic mass is 10.4. The second-order valence-corrected chi connectivity index (χ2v) is 7.73. The number of thioether (sulfide) groups is 1. The molecular formula is C17H20N4O3S2. The number of thiophene rings is 1. The van der Waals surface area contributed by atoms with Gasteiger partial charge in [-0.2, -0.15) is 0 Å². The Kier molecular flexibility index (Phi) is 6.10. The highest BCUT2D eigenvalue weighted by Gasteiger charge is 2.18. The van der Waals surface area contributed by atoms with E-state index in [1.54, 1.807) is 17.0 Å². The highest BCUT2D eigenvalue weighted by Crippen LogP contribution is 2.21. The summed E-state index contributed by atoms with van der Waals surface area (Å²) >= 11 is 2.58. The molecule has 2 aromatic heterocycles. The predicted molar refractivity (Wildman–Crippen MR) is 104 cm³/mol. The summed E-state index contributed by atoms with van der Waals surface area (Å²) in [6, 6.07) is 1.75. The van der Waals surface area contributed by atoms with Crippen molar-refractivity contribution in [2.24, 2.45) is 0 Å². The van der Waals surface area contributed by atoms with Crippen LogP contribution in [0.2, 0.25) is 0 Å². The van der Waals surface area contributed by atoms with E-state index in [9.17, 15) is 14.4 Å². The normalized spacial score (nSPS) is 13.9. The van der Waals surface area contributed by atoms with E-state index in [4.69, 9.17) is 0 Å². The number of amides is 2. The average molecular weight is 393 g/mol. The molecule has 1 saturated heterocycles. The zero-order valence-electron chi connectivity index (χ0n) is 14.3. The van der Waals surface area contributed by atoms with Crippen molar-refractivity contribution >= 4 is 45.1 Å². The Morgan fingerprint density at radius 1 is 1.38 bits per heavy atom. The first kappa shape index (κ1) is 18.7. The largest absolute Gasteiger partial charge is 0.346 e. The monoisotopic (exact) mass is 392 g/mol. The van der Waals surface area contributed by atoms with Crippen molar-refractivity contribution < 1.29 is 9.59 Å². The van der Waals surface area contributed by atoms with E-state index in [0.717, 1.165) is 25.9 Å². The number of hydrogen-bond acceptors (Lipinski definition) is 6. The number of likely N-dealkylation sites (tertiary alicyclic amines) is 1. The maximum Gasteiger partial charge on any atom is 0.263 e. The molecule has 3 rings (SSSR count). The topological polar surface area (TPSA) is 84.3 Å². The van der Waals surface area contributed by atoms with Crippen LogP contribution in [0.5, 0.6) is 0 Å². The molecule has 0 aromatic carbocycles. The first-order chi connectivity index (χ1) is 12.6. The molecule has 1 aliphatic heterocycles. The number of carbonyl (C=O) groups excluding carboxylic acids is 2. The van der Waals surface area contributed by atoms with Crippen LogP contribution in [0.1, 0.15) is 12.8 Å². The average Bonchev–Trinajstić information content (AvgIpc) is 3.32. The minimum Gasteiger partial charge on any atom is -0.346 e. The van der Waals surface area contributed by atoms with Crippen LogP contribution in [-0.4, -0.2) is 51.7 Å². The third kappa shape index (κ3) is 4.16. The van der Waals surface area contributed by atoms with E-state index in [0.29, 0.717) is 21.9 Å². The molecule has 0 bridgehead atoms. The zero-order chi connectivity index (χ0) is 18.5. The Labute approximate surface area is 159 Å². The molecule has 1 fully saturated rings. The standard InChI is InChI=1S/C17H20N4O3S2/c1-2-6-21-16(24)12-5-9-25-15(12)19-17(21)26-11-13(22)18-10-14(23)20-7-3-4-8-20/h2,5,9H,1,3-4,6-8,10-11H2,(H,18,22). The van der Waals surface area contributed by atoms with Gasteiger partial charge < -0.3 is 10.2 Å². The molecule has 3 heterocycles. The van der Waals surface area contributed by atoms with Gasteiger partial charge in [-0.1, -0.05) is 17.8 Å². The highest BCUT2D eigenvalue weighted by atomic mass is 32.2. The zero-order valence-corrected chi connectivity index (χ0v) is 15.9. The van der Waals surface area contributed by atoms with Gasteiger partial charge in [0.15, 0.2) is 5.16 Å². The van der Waals surface area contributed by atoms with Crippen LogP contribution in [-0.2, 0) is 16.1 Å². The highest BCUT2D eigenvalue weighted by molar-refractivity contribution is 7.99. The number of rotatable bonds is 7. The molecule has 138 valence electrons. The summed E-state index contributed by atoms with van der Waals surface area (Å²) in [4.78, 5) is 43.5. The van der Waals surface area contributed by atoms with Crippen LogP contribution >= 0.6 is 23.1 Å². The van der Waals surface area contributed by atoms with Crippen molar-refractivity contribution in [2.45, 2.75) is 24.5 Å². The van der Waals surface area contributed by atoms with Gasteiger partial charge in [0.2, 0.25) is 11.8 Å². The molecule has 9 heteroatoms. The van der Waals surface area contributed by atoms with Crippen LogP contribution in [0.4, 0.5) is 0 Å². The molecule has 1 N–H and O–H groups in total. The van der Waals surface area contributed by atoms with Crippen LogP contribution in [0.25, 0.3) is 10.2 Å². The molecule has 2 amide bonds. The Balaban J connectivity index is 1.62. The number of fused-ring (bicyclic) bond motifs is 1. The molecule has 1 aliphatic rings. The molecule has 0 spiro atoms. The maximum atomic E-state index is 12.5. The Morgan fingerprint density at radius 3 is 2.88 bits per heavy atom. The van der Waals surface area contributed by atoms with Gasteiger partial charge in [-0.05, 0) is 24.3 Å². The Morgan fingerprint density at radius 2 is 2.15 bits per heavy atom. The van der Waals surface area contributed by atoms with Gasteiger partial charge in [0.25, 0.3) is 5.56 Å². The van der Waals surface area contributed by atoms with Crippen molar-refractivity contribution in [1.82, 2.24) is 19.8 Å². The number of nitrogens with one attached hydrogen (secondary N) is 1. The Hall–Kier alpha value is -2.13. The third-order valence-corrected chi connectivity index (χ3v) is 5.87. The lowest BCUT2D eigenvalue weighted by Gasteiger charge is -2.15. The lowest BCUT2D eigenvalue weighted by Crippen LogP contribution is -2.39. The fourth-order valence-corrected chi connectivity index (χ4v) is 4.41. The first-order valence-corrected chi connectivity index (χ1v) is 10.2.